The Kier molecular flexibility index (Phi) is 2.34. The Morgan fingerprint density at radius 3 is 2.60 bits per heavy atom. The summed E-state index contributed by atoms with van der Waals surface area (Å²) in [7, 11) is 0. The summed E-state index contributed by atoms with van der Waals surface area (Å²) >= 11 is 1.12. The van der Waals surface area contributed by atoms with Gasteiger partial charge in [-0.2, -0.15) is 0 Å². The molecule has 2 aromatic rings. The van der Waals surface area contributed by atoms with Gasteiger partial charge < -0.3 is 15.8 Å². The number of aromatic nitrogens is 1. The summed E-state index contributed by atoms with van der Waals surface area (Å²) in [5.41, 5.74) is 6.22. The lowest BCUT2D eigenvalue weighted by Gasteiger charge is -1.95. The van der Waals surface area contributed by atoms with Gasteiger partial charge in [0.25, 0.3) is 5.13 Å². The van der Waals surface area contributed by atoms with Crippen LogP contribution in [0.5, 0.6) is 0 Å². The van der Waals surface area contributed by atoms with Crippen molar-refractivity contribution in [3.8, 4) is 10.4 Å². The Hall–Kier alpha value is -1.95. The number of nitro groups is 1. The molecule has 6 heteroatoms. The molecule has 0 radical (unpaired) electrons. The molecule has 0 amide bonds. The fourth-order valence-corrected chi connectivity index (χ4v) is 2.04. The molecule has 0 atom stereocenters. The quantitative estimate of drug-likeness (QED) is 0.623. The number of hydrogen-bond acceptors (Lipinski definition) is 5. The van der Waals surface area contributed by atoms with Crippen molar-refractivity contribution in [1.29, 1.82) is 0 Å². The van der Waals surface area contributed by atoms with Crippen LogP contribution in [-0.2, 0) is 0 Å². The van der Waals surface area contributed by atoms with Crippen LogP contribution >= 0.6 is 11.3 Å². The molecule has 5 nitrogen and oxygen atoms in total. The fraction of sp³-hybridized carbons (Fsp3) is 0. The lowest BCUT2D eigenvalue weighted by atomic mass is 10.2. The molecule has 0 aliphatic carbocycles. The first-order valence-electron chi connectivity index (χ1n) is 4.14. The van der Waals surface area contributed by atoms with E-state index in [-0.39, 0.29) is 10.9 Å². The molecule has 0 bridgehead atoms. The molecule has 2 N–H and O–H groups in total. The molecule has 0 aliphatic rings. The van der Waals surface area contributed by atoms with Gasteiger partial charge in [0.2, 0.25) is 0 Å². The maximum atomic E-state index is 10.7. The van der Waals surface area contributed by atoms with E-state index in [2.05, 4.69) is 4.98 Å². The molecule has 0 unspecified atom stereocenters. The van der Waals surface area contributed by atoms with E-state index >= 15 is 0 Å². The van der Waals surface area contributed by atoms with Crippen molar-refractivity contribution in [2.75, 3.05) is 5.73 Å². The third-order valence-corrected chi connectivity index (χ3v) is 2.76. The van der Waals surface area contributed by atoms with Gasteiger partial charge in [0.1, 0.15) is 4.88 Å². The first-order chi connectivity index (χ1) is 7.18. The maximum Gasteiger partial charge on any atom is 0.384 e. The molecule has 76 valence electrons. The highest BCUT2D eigenvalue weighted by molar-refractivity contribution is 7.19. The standard InChI is InChI=1S/C9H7N3O2S/c10-9-11-8(12(13)14)7(15-9)6-4-2-1-3-5-6/h1-5H,(H2,10,11). The molecule has 0 saturated carbocycles. The van der Waals surface area contributed by atoms with Crippen molar-refractivity contribution in [2.45, 2.75) is 0 Å². The molecule has 1 aromatic carbocycles. The molecule has 1 aromatic heterocycles. The zero-order valence-corrected chi connectivity index (χ0v) is 8.40. The normalized spacial score (nSPS) is 10.1. The molecular weight excluding hydrogens is 214 g/mol. The summed E-state index contributed by atoms with van der Waals surface area (Å²) in [6.45, 7) is 0. The predicted octanol–water partition coefficient (Wildman–Crippen LogP) is 2.30. The average Bonchev–Trinajstić information content (AvgIpc) is 2.62. The van der Waals surface area contributed by atoms with Crippen LogP contribution in [0.15, 0.2) is 30.3 Å². The number of rotatable bonds is 2. The van der Waals surface area contributed by atoms with Crippen molar-refractivity contribution in [3.63, 3.8) is 0 Å². The highest BCUT2D eigenvalue weighted by Crippen LogP contribution is 2.36. The van der Waals surface area contributed by atoms with E-state index in [1.807, 2.05) is 18.2 Å². The highest BCUT2D eigenvalue weighted by atomic mass is 32.1. The van der Waals surface area contributed by atoms with Gasteiger partial charge in [0.15, 0.2) is 0 Å². The highest BCUT2D eigenvalue weighted by Gasteiger charge is 2.22. The minimum Gasteiger partial charge on any atom is -0.358 e. The van der Waals surface area contributed by atoms with E-state index < -0.39 is 4.92 Å². The van der Waals surface area contributed by atoms with Crippen LogP contribution < -0.4 is 5.73 Å². The van der Waals surface area contributed by atoms with E-state index in [1.54, 1.807) is 12.1 Å². The van der Waals surface area contributed by atoms with Gasteiger partial charge >= 0.3 is 5.82 Å². The first kappa shape index (κ1) is 9.60. The van der Waals surface area contributed by atoms with E-state index in [1.165, 1.54) is 0 Å². The fourth-order valence-electron chi connectivity index (χ4n) is 1.23. The third-order valence-electron chi connectivity index (χ3n) is 1.83. The number of hydrogen-bond donors (Lipinski definition) is 1. The second-order valence-corrected chi connectivity index (χ2v) is 3.86. The van der Waals surface area contributed by atoms with E-state index in [0.717, 1.165) is 16.9 Å². The van der Waals surface area contributed by atoms with Gasteiger partial charge in [0, 0.05) is 5.56 Å². The maximum absolute atomic E-state index is 10.7. The number of anilines is 1. The Morgan fingerprint density at radius 1 is 1.33 bits per heavy atom. The number of nitrogens with zero attached hydrogens (tertiary/aromatic N) is 2. The molecule has 0 aliphatic heterocycles. The zero-order chi connectivity index (χ0) is 10.8. The molecule has 1 heterocycles. The average molecular weight is 221 g/mol. The smallest absolute Gasteiger partial charge is 0.358 e. The van der Waals surface area contributed by atoms with E-state index in [0.29, 0.717) is 4.88 Å². The van der Waals surface area contributed by atoms with Gasteiger partial charge in [-0.25, -0.2) is 0 Å². The van der Waals surface area contributed by atoms with Crippen LogP contribution in [0.3, 0.4) is 0 Å². The van der Waals surface area contributed by atoms with Gasteiger partial charge in [0.05, 0.1) is 0 Å². The molecule has 0 spiro atoms. The summed E-state index contributed by atoms with van der Waals surface area (Å²) in [4.78, 5) is 14.4. The number of thiazole rings is 1. The van der Waals surface area contributed by atoms with Gasteiger partial charge in [-0.3, -0.25) is 0 Å². The lowest BCUT2D eigenvalue weighted by molar-refractivity contribution is -0.388. The minimum atomic E-state index is -0.519. The van der Waals surface area contributed by atoms with Crippen LogP contribution in [0.4, 0.5) is 10.9 Å². The van der Waals surface area contributed by atoms with E-state index in [9.17, 15) is 10.1 Å². The number of nitrogens with two attached hydrogens (primary N) is 1. The van der Waals surface area contributed by atoms with Crippen LogP contribution in [0.1, 0.15) is 0 Å². The SMILES string of the molecule is Nc1nc([N+](=O)[O-])c(-c2ccccc2)s1. The second kappa shape index (κ2) is 3.66. The summed E-state index contributed by atoms with van der Waals surface area (Å²) in [6, 6.07) is 9.06. The topological polar surface area (TPSA) is 82.0 Å². The van der Waals surface area contributed by atoms with Crippen LogP contribution in [0.25, 0.3) is 10.4 Å². The molecular formula is C9H7N3O2S. The largest absolute Gasteiger partial charge is 0.384 e. The van der Waals surface area contributed by atoms with Crippen LogP contribution in [-0.4, -0.2) is 9.91 Å². The molecule has 2 rings (SSSR count). The van der Waals surface area contributed by atoms with Crippen molar-refractivity contribution in [2.24, 2.45) is 0 Å². The monoisotopic (exact) mass is 221 g/mol. The summed E-state index contributed by atoms with van der Waals surface area (Å²) in [5.74, 6) is -0.177. The van der Waals surface area contributed by atoms with Crippen molar-refractivity contribution < 1.29 is 4.92 Å². The summed E-state index contributed by atoms with van der Waals surface area (Å²) in [5, 5.41) is 10.9. The Balaban J connectivity index is 2.58. The Morgan fingerprint density at radius 2 is 2.00 bits per heavy atom. The van der Waals surface area contributed by atoms with Crippen molar-refractivity contribution in [3.05, 3.63) is 40.4 Å². The number of nitrogen functional groups attached to an aromatic ring is 1. The van der Waals surface area contributed by atoms with Crippen LogP contribution in [0.2, 0.25) is 0 Å². The molecule has 0 saturated heterocycles. The van der Waals surface area contributed by atoms with E-state index in [4.69, 9.17) is 5.73 Å². The van der Waals surface area contributed by atoms with Gasteiger partial charge in [-0.15, -0.1) is 0 Å². The van der Waals surface area contributed by atoms with Gasteiger partial charge in [-0.05, 0) is 9.91 Å². The van der Waals surface area contributed by atoms with Crippen molar-refractivity contribution in [1.82, 2.24) is 4.98 Å². The molecule has 15 heavy (non-hydrogen) atoms. The third kappa shape index (κ3) is 1.79. The molecule has 0 fully saturated rings. The van der Waals surface area contributed by atoms with Crippen LogP contribution in [0, 0.1) is 10.1 Å². The zero-order valence-electron chi connectivity index (χ0n) is 7.58. The Bertz CT molecular complexity index is 495. The number of benzene rings is 1. The predicted molar refractivity (Wildman–Crippen MR) is 58.6 cm³/mol. The lowest BCUT2D eigenvalue weighted by Crippen LogP contribution is -1.91. The van der Waals surface area contributed by atoms with Gasteiger partial charge in [-0.1, -0.05) is 41.7 Å². The summed E-state index contributed by atoms with van der Waals surface area (Å²) < 4.78 is 0. The second-order valence-electron chi connectivity index (χ2n) is 2.83. The Labute approximate surface area is 89.3 Å². The first-order valence-corrected chi connectivity index (χ1v) is 4.96. The van der Waals surface area contributed by atoms with Crippen molar-refractivity contribution >= 4 is 22.3 Å². The summed E-state index contributed by atoms with van der Waals surface area (Å²) in [6.07, 6.45) is 0. The minimum absolute atomic E-state index is 0.177.